The second-order valence-corrected chi connectivity index (χ2v) is 7.24. The van der Waals surface area contributed by atoms with Crippen molar-refractivity contribution >= 4 is 29.1 Å². The zero-order valence-electron chi connectivity index (χ0n) is 15.6. The first-order valence-corrected chi connectivity index (χ1v) is 9.38. The number of ether oxygens (including phenoxy) is 1. The van der Waals surface area contributed by atoms with E-state index in [1.165, 1.54) is 23.4 Å². The summed E-state index contributed by atoms with van der Waals surface area (Å²) in [6.45, 7) is 3.27. The van der Waals surface area contributed by atoms with Gasteiger partial charge < -0.3 is 10.1 Å². The summed E-state index contributed by atoms with van der Waals surface area (Å²) in [5.41, 5.74) is 1.90. The molecule has 0 bridgehead atoms. The standard InChI is InChI=1S/C19H19N5O3S/c1-12(25)14-8-10-15(11-9-14)20-18(26)13(2)28-19-21-22-23-24(19)16-6-4-5-7-17(16)27-3/h4-11,13H,1-3H3,(H,20,26)/t13-/m0/s1. The molecule has 0 fully saturated rings. The number of benzene rings is 2. The summed E-state index contributed by atoms with van der Waals surface area (Å²) in [7, 11) is 1.57. The molecule has 0 saturated heterocycles. The van der Waals surface area contributed by atoms with Crippen molar-refractivity contribution in [1.29, 1.82) is 0 Å². The molecule has 0 spiro atoms. The summed E-state index contributed by atoms with van der Waals surface area (Å²) < 4.78 is 6.89. The molecule has 8 nitrogen and oxygen atoms in total. The lowest BCUT2D eigenvalue weighted by molar-refractivity contribution is -0.115. The first-order chi connectivity index (χ1) is 13.5. The fraction of sp³-hybridized carbons (Fsp3) is 0.211. The van der Waals surface area contributed by atoms with E-state index >= 15 is 0 Å². The fourth-order valence-corrected chi connectivity index (χ4v) is 3.25. The van der Waals surface area contributed by atoms with E-state index in [4.69, 9.17) is 4.74 Å². The van der Waals surface area contributed by atoms with Gasteiger partial charge in [-0.2, -0.15) is 4.68 Å². The second kappa shape index (κ2) is 8.66. The van der Waals surface area contributed by atoms with E-state index in [2.05, 4.69) is 20.8 Å². The molecule has 0 unspecified atom stereocenters. The predicted octanol–water partition coefficient (Wildman–Crippen LogP) is 2.99. The zero-order chi connectivity index (χ0) is 20.1. The molecule has 0 aliphatic rings. The monoisotopic (exact) mass is 397 g/mol. The van der Waals surface area contributed by atoms with Crippen LogP contribution in [0.3, 0.4) is 0 Å². The molecule has 2 aromatic carbocycles. The van der Waals surface area contributed by atoms with Crippen LogP contribution in [0, 0.1) is 0 Å². The molecule has 1 aromatic heterocycles. The van der Waals surface area contributed by atoms with Crippen molar-refractivity contribution in [3.63, 3.8) is 0 Å². The van der Waals surface area contributed by atoms with E-state index in [1.54, 1.807) is 38.3 Å². The number of amides is 1. The maximum atomic E-state index is 12.5. The molecule has 0 aliphatic carbocycles. The highest BCUT2D eigenvalue weighted by atomic mass is 32.2. The van der Waals surface area contributed by atoms with Crippen LogP contribution in [0.4, 0.5) is 5.69 Å². The molecule has 3 rings (SSSR count). The van der Waals surface area contributed by atoms with Crippen LogP contribution in [-0.4, -0.2) is 44.3 Å². The van der Waals surface area contributed by atoms with Gasteiger partial charge in [0.2, 0.25) is 11.1 Å². The van der Waals surface area contributed by atoms with Gasteiger partial charge in [0.05, 0.1) is 12.4 Å². The number of anilines is 1. The number of nitrogens with zero attached hydrogens (tertiary/aromatic N) is 4. The smallest absolute Gasteiger partial charge is 0.237 e. The van der Waals surface area contributed by atoms with Crippen molar-refractivity contribution in [3.8, 4) is 11.4 Å². The number of carbonyl (C=O) groups is 2. The quantitative estimate of drug-likeness (QED) is 0.483. The number of thioether (sulfide) groups is 1. The van der Waals surface area contributed by atoms with Crippen LogP contribution in [-0.2, 0) is 4.79 Å². The lowest BCUT2D eigenvalue weighted by atomic mass is 10.1. The predicted molar refractivity (Wildman–Crippen MR) is 106 cm³/mol. The Morgan fingerprint density at radius 2 is 1.86 bits per heavy atom. The maximum Gasteiger partial charge on any atom is 0.237 e. The molecular formula is C19H19N5O3S. The summed E-state index contributed by atoms with van der Waals surface area (Å²) in [6.07, 6.45) is 0. The van der Waals surface area contributed by atoms with E-state index in [-0.39, 0.29) is 11.7 Å². The number of hydrogen-bond donors (Lipinski definition) is 1. The van der Waals surface area contributed by atoms with Crippen molar-refractivity contribution in [2.45, 2.75) is 24.3 Å². The van der Waals surface area contributed by atoms with Crippen LogP contribution in [0.1, 0.15) is 24.2 Å². The van der Waals surface area contributed by atoms with E-state index < -0.39 is 5.25 Å². The van der Waals surface area contributed by atoms with Crippen molar-refractivity contribution in [1.82, 2.24) is 20.2 Å². The molecule has 3 aromatic rings. The van der Waals surface area contributed by atoms with Crippen LogP contribution in [0.5, 0.6) is 5.75 Å². The van der Waals surface area contributed by atoms with Crippen LogP contribution >= 0.6 is 11.8 Å². The van der Waals surface area contributed by atoms with Crippen LogP contribution < -0.4 is 10.1 Å². The molecule has 1 amide bonds. The Bertz CT molecular complexity index is 987. The minimum Gasteiger partial charge on any atom is -0.494 e. The third-order valence-corrected chi connectivity index (χ3v) is 5.00. The zero-order valence-corrected chi connectivity index (χ0v) is 16.4. The van der Waals surface area contributed by atoms with Gasteiger partial charge in [-0.3, -0.25) is 9.59 Å². The highest BCUT2D eigenvalue weighted by Crippen LogP contribution is 2.28. The minimum absolute atomic E-state index is 0.0232. The number of tetrazole rings is 1. The van der Waals surface area contributed by atoms with E-state index in [1.807, 2.05) is 24.3 Å². The highest BCUT2D eigenvalue weighted by molar-refractivity contribution is 8.00. The number of hydrogen-bond acceptors (Lipinski definition) is 7. The molecule has 1 atom stereocenters. The second-order valence-electron chi connectivity index (χ2n) is 5.93. The lowest BCUT2D eigenvalue weighted by Crippen LogP contribution is -2.23. The molecule has 1 heterocycles. The van der Waals surface area contributed by atoms with Gasteiger partial charge in [-0.15, -0.1) is 5.10 Å². The van der Waals surface area contributed by atoms with Gasteiger partial charge >= 0.3 is 0 Å². The van der Waals surface area contributed by atoms with Crippen LogP contribution in [0.2, 0.25) is 0 Å². The summed E-state index contributed by atoms with van der Waals surface area (Å²) in [6, 6.07) is 14.1. The Balaban J connectivity index is 1.71. The number of ketones is 1. The largest absolute Gasteiger partial charge is 0.494 e. The summed E-state index contributed by atoms with van der Waals surface area (Å²) in [5, 5.41) is 14.6. The maximum absolute atomic E-state index is 12.5. The van der Waals surface area contributed by atoms with E-state index in [9.17, 15) is 9.59 Å². The first-order valence-electron chi connectivity index (χ1n) is 8.50. The molecule has 1 N–H and O–H groups in total. The highest BCUT2D eigenvalue weighted by Gasteiger charge is 2.20. The number of methoxy groups -OCH3 is 1. The number of rotatable bonds is 7. The SMILES string of the molecule is COc1ccccc1-n1nnnc1S[C@@H](C)C(=O)Nc1ccc(C(C)=O)cc1. The number of nitrogens with one attached hydrogen (secondary N) is 1. The minimum atomic E-state index is -0.452. The Labute approximate surface area is 166 Å². The van der Waals surface area contributed by atoms with Gasteiger partial charge in [-0.1, -0.05) is 23.9 Å². The third kappa shape index (κ3) is 4.37. The molecular weight excluding hydrogens is 378 g/mol. The molecule has 0 saturated carbocycles. The Hall–Kier alpha value is -3.20. The van der Waals surface area contributed by atoms with Crippen LogP contribution in [0.25, 0.3) is 5.69 Å². The lowest BCUT2D eigenvalue weighted by Gasteiger charge is -2.13. The third-order valence-electron chi connectivity index (χ3n) is 3.96. The van der Waals surface area contributed by atoms with Gasteiger partial charge in [-0.25, -0.2) is 0 Å². The van der Waals surface area contributed by atoms with E-state index in [0.717, 1.165) is 0 Å². The summed E-state index contributed by atoms with van der Waals surface area (Å²) in [5.74, 6) is 0.402. The van der Waals surface area contributed by atoms with Crippen molar-refractivity contribution in [3.05, 3.63) is 54.1 Å². The van der Waals surface area contributed by atoms with Gasteiger partial charge in [-0.05, 0) is 60.7 Å². The van der Waals surface area contributed by atoms with Gasteiger partial charge in [0.25, 0.3) is 0 Å². The number of Topliss-reactive ketones (excluding diaryl/α,β-unsaturated/α-hetero) is 1. The number of aromatic nitrogens is 4. The molecule has 144 valence electrons. The van der Waals surface area contributed by atoms with E-state index in [0.29, 0.717) is 27.8 Å². The normalized spacial score (nSPS) is 11.7. The Morgan fingerprint density at radius 3 is 2.54 bits per heavy atom. The molecule has 0 aliphatic heterocycles. The molecule has 0 radical (unpaired) electrons. The van der Waals surface area contributed by atoms with Gasteiger partial charge in [0.1, 0.15) is 11.4 Å². The average Bonchev–Trinajstić information content (AvgIpc) is 3.16. The van der Waals surface area contributed by atoms with Crippen molar-refractivity contribution in [2.75, 3.05) is 12.4 Å². The number of para-hydroxylation sites is 2. The average molecular weight is 397 g/mol. The van der Waals surface area contributed by atoms with Crippen molar-refractivity contribution in [2.24, 2.45) is 0 Å². The summed E-state index contributed by atoms with van der Waals surface area (Å²) >= 11 is 1.23. The Morgan fingerprint density at radius 1 is 1.14 bits per heavy atom. The first kappa shape index (κ1) is 19.6. The molecule has 28 heavy (non-hydrogen) atoms. The van der Waals surface area contributed by atoms with Gasteiger partial charge in [0, 0.05) is 11.3 Å². The number of carbonyl (C=O) groups excluding carboxylic acids is 2. The Kier molecular flexibility index (Phi) is 6.05. The summed E-state index contributed by atoms with van der Waals surface area (Å²) in [4.78, 5) is 23.9. The van der Waals surface area contributed by atoms with Crippen molar-refractivity contribution < 1.29 is 14.3 Å². The topological polar surface area (TPSA) is 99.0 Å². The van der Waals surface area contributed by atoms with Gasteiger partial charge in [0.15, 0.2) is 5.78 Å². The fourth-order valence-electron chi connectivity index (χ4n) is 2.45. The molecule has 9 heteroatoms. The van der Waals surface area contributed by atoms with Crippen LogP contribution in [0.15, 0.2) is 53.7 Å².